The minimum Gasteiger partial charge on any atom is -0.508 e. The van der Waals surface area contributed by atoms with Crippen LogP contribution in [0.1, 0.15) is 44.1 Å². The summed E-state index contributed by atoms with van der Waals surface area (Å²) in [7, 11) is 0. The number of benzene rings is 1. The first-order valence-electron chi connectivity index (χ1n) is 7.56. The molecule has 110 valence electrons. The molecule has 0 aromatic heterocycles. The van der Waals surface area contributed by atoms with Crippen LogP contribution >= 0.6 is 0 Å². The first kappa shape index (κ1) is 14.7. The zero-order chi connectivity index (χ0) is 14.2. The fourth-order valence-corrected chi connectivity index (χ4v) is 2.69. The van der Waals surface area contributed by atoms with Gasteiger partial charge in [-0.05, 0) is 37.0 Å². The molecule has 0 saturated heterocycles. The predicted octanol–water partition coefficient (Wildman–Crippen LogP) is 2.96. The summed E-state index contributed by atoms with van der Waals surface area (Å²) in [6.45, 7) is 0.585. The van der Waals surface area contributed by atoms with E-state index in [1.165, 1.54) is 25.7 Å². The molecule has 0 atom stereocenters. The number of amides is 2. The molecule has 1 aliphatic rings. The lowest BCUT2D eigenvalue weighted by molar-refractivity contribution is 0.235. The highest BCUT2D eigenvalue weighted by molar-refractivity contribution is 5.74. The first-order valence-corrected chi connectivity index (χ1v) is 7.56. The average Bonchev–Trinajstić information content (AvgIpc) is 2.67. The number of rotatable bonds is 4. The zero-order valence-corrected chi connectivity index (χ0v) is 11.9. The molecule has 0 bridgehead atoms. The van der Waals surface area contributed by atoms with Crippen LogP contribution in [0.5, 0.6) is 5.75 Å². The number of urea groups is 1. The molecule has 0 spiro atoms. The average molecular weight is 276 g/mol. The molecule has 1 fully saturated rings. The van der Waals surface area contributed by atoms with Crippen molar-refractivity contribution < 1.29 is 9.90 Å². The quantitative estimate of drug-likeness (QED) is 0.740. The molecule has 0 heterocycles. The van der Waals surface area contributed by atoms with E-state index in [0.717, 1.165) is 24.8 Å². The molecule has 1 saturated carbocycles. The molecule has 0 radical (unpaired) electrons. The van der Waals surface area contributed by atoms with E-state index in [9.17, 15) is 9.90 Å². The Morgan fingerprint density at radius 1 is 1.20 bits per heavy atom. The van der Waals surface area contributed by atoms with Crippen LogP contribution in [0.3, 0.4) is 0 Å². The van der Waals surface area contributed by atoms with Crippen molar-refractivity contribution in [2.45, 2.75) is 51.0 Å². The topological polar surface area (TPSA) is 61.4 Å². The van der Waals surface area contributed by atoms with Crippen molar-refractivity contribution in [1.82, 2.24) is 10.6 Å². The number of phenols is 1. The Labute approximate surface area is 120 Å². The van der Waals surface area contributed by atoms with Crippen molar-refractivity contribution in [3.63, 3.8) is 0 Å². The molecule has 1 aromatic carbocycles. The second-order valence-corrected chi connectivity index (χ2v) is 5.51. The van der Waals surface area contributed by atoms with E-state index in [0.29, 0.717) is 12.6 Å². The van der Waals surface area contributed by atoms with Gasteiger partial charge in [0.15, 0.2) is 0 Å². The molecule has 3 N–H and O–H groups in total. The molecule has 20 heavy (non-hydrogen) atoms. The minimum atomic E-state index is -0.0722. The van der Waals surface area contributed by atoms with E-state index in [1.807, 2.05) is 12.1 Å². The zero-order valence-electron chi connectivity index (χ0n) is 11.9. The third-order valence-corrected chi connectivity index (χ3v) is 3.80. The summed E-state index contributed by atoms with van der Waals surface area (Å²) in [5.41, 5.74) is 1.03. The van der Waals surface area contributed by atoms with E-state index in [-0.39, 0.29) is 11.8 Å². The third kappa shape index (κ3) is 5.11. The standard InChI is InChI=1S/C16H24N2O2/c19-15-9-5-6-13(12-15)10-11-17-16(20)18-14-7-3-1-2-4-8-14/h5-6,9,12,14,19H,1-4,7-8,10-11H2,(H2,17,18,20). The van der Waals surface area contributed by atoms with Crippen molar-refractivity contribution >= 4 is 6.03 Å². The predicted molar refractivity (Wildman–Crippen MR) is 79.8 cm³/mol. The highest BCUT2D eigenvalue weighted by atomic mass is 16.3. The molecule has 4 nitrogen and oxygen atoms in total. The number of phenolic OH excluding ortho intramolecular Hbond substituents is 1. The normalized spacial score (nSPS) is 16.4. The van der Waals surface area contributed by atoms with Crippen molar-refractivity contribution in [2.24, 2.45) is 0 Å². The Kier molecular flexibility index (Phi) is 5.71. The van der Waals surface area contributed by atoms with Crippen LogP contribution in [0.15, 0.2) is 24.3 Å². The van der Waals surface area contributed by atoms with Gasteiger partial charge in [0.25, 0.3) is 0 Å². The Hall–Kier alpha value is -1.71. The van der Waals surface area contributed by atoms with Gasteiger partial charge in [0.1, 0.15) is 5.75 Å². The number of carbonyl (C=O) groups is 1. The summed E-state index contributed by atoms with van der Waals surface area (Å²) in [6, 6.07) is 7.40. The second-order valence-electron chi connectivity index (χ2n) is 5.51. The maximum absolute atomic E-state index is 11.8. The Morgan fingerprint density at radius 2 is 1.95 bits per heavy atom. The van der Waals surface area contributed by atoms with Crippen LogP contribution in [0.25, 0.3) is 0 Å². The van der Waals surface area contributed by atoms with Crippen molar-refractivity contribution in [3.05, 3.63) is 29.8 Å². The van der Waals surface area contributed by atoms with Gasteiger partial charge in [0.05, 0.1) is 0 Å². The number of hydrogen-bond donors (Lipinski definition) is 3. The summed E-state index contributed by atoms with van der Waals surface area (Å²) < 4.78 is 0. The van der Waals surface area contributed by atoms with Crippen LogP contribution in [-0.2, 0) is 6.42 Å². The van der Waals surface area contributed by atoms with Gasteiger partial charge in [-0.1, -0.05) is 37.8 Å². The lowest BCUT2D eigenvalue weighted by atomic mass is 10.1. The van der Waals surface area contributed by atoms with E-state index in [2.05, 4.69) is 10.6 Å². The Morgan fingerprint density at radius 3 is 2.65 bits per heavy atom. The van der Waals surface area contributed by atoms with Crippen LogP contribution in [0.4, 0.5) is 4.79 Å². The largest absolute Gasteiger partial charge is 0.508 e. The van der Waals surface area contributed by atoms with E-state index in [4.69, 9.17) is 0 Å². The summed E-state index contributed by atoms with van der Waals surface area (Å²) in [4.78, 5) is 11.8. The van der Waals surface area contributed by atoms with Gasteiger partial charge in [-0.15, -0.1) is 0 Å². The number of carbonyl (C=O) groups excluding carboxylic acids is 1. The minimum absolute atomic E-state index is 0.0722. The summed E-state index contributed by atoms with van der Waals surface area (Å²) in [5, 5.41) is 15.3. The lowest BCUT2D eigenvalue weighted by Gasteiger charge is -2.16. The number of hydrogen-bond acceptors (Lipinski definition) is 2. The smallest absolute Gasteiger partial charge is 0.315 e. The Balaban J connectivity index is 1.67. The van der Waals surface area contributed by atoms with Crippen LogP contribution in [0.2, 0.25) is 0 Å². The third-order valence-electron chi connectivity index (χ3n) is 3.80. The molecule has 0 aliphatic heterocycles. The van der Waals surface area contributed by atoms with Gasteiger partial charge in [-0.25, -0.2) is 4.79 Å². The molecular formula is C16H24N2O2. The fourth-order valence-electron chi connectivity index (χ4n) is 2.69. The monoisotopic (exact) mass is 276 g/mol. The SMILES string of the molecule is O=C(NCCc1cccc(O)c1)NC1CCCCCC1. The molecule has 2 amide bonds. The Bertz CT molecular complexity index is 426. The lowest BCUT2D eigenvalue weighted by Crippen LogP contribution is -2.42. The van der Waals surface area contributed by atoms with Crippen LogP contribution in [0, 0.1) is 0 Å². The van der Waals surface area contributed by atoms with Gasteiger partial charge in [-0.3, -0.25) is 0 Å². The van der Waals surface area contributed by atoms with Crippen molar-refractivity contribution in [3.8, 4) is 5.75 Å². The van der Waals surface area contributed by atoms with Crippen molar-refractivity contribution in [1.29, 1.82) is 0 Å². The van der Waals surface area contributed by atoms with Gasteiger partial charge >= 0.3 is 6.03 Å². The molecule has 2 rings (SSSR count). The fraction of sp³-hybridized carbons (Fsp3) is 0.562. The van der Waals surface area contributed by atoms with Gasteiger partial charge in [0.2, 0.25) is 0 Å². The molecule has 4 heteroatoms. The molecule has 1 aromatic rings. The van der Waals surface area contributed by atoms with Gasteiger partial charge < -0.3 is 15.7 Å². The van der Waals surface area contributed by atoms with Gasteiger partial charge in [0, 0.05) is 12.6 Å². The number of nitrogens with one attached hydrogen (secondary N) is 2. The molecular weight excluding hydrogens is 252 g/mol. The summed E-state index contributed by atoms with van der Waals surface area (Å²) in [6.07, 6.45) is 7.93. The maximum atomic E-state index is 11.8. The van der Waals surface area contributed by atoms with Crippen molar-refractivity contribution in [2.75, 3.05) is 6.54 Å². The van der Waals surface area contributed by atoms with Crippen LogP contribution < -0.4 is 10.6 Å². The first-order chi connectivity index (χ1) is 9.74. The highest BCUT2D eigenvalue weighted by Crippen LogP contribution is 2.17. The molecule has 1 aliphatic carbocycles. The summed E-state index contributed by atoms with van der Waals surface area (Å²) >= 11 is 0. The van der Waals surface area contributed by atoms with Gasteiger partial charge in [-0.2, -0.15) is 0 Å². The summed E-state index contributed by atoms with van der Waals surface area (Å²) in [5.74, 6) is 0.269. The molecule has 0 unspecified atom stereocenters. The van der Waals surface area contributed by atoms with E-state index in [1.54, 1.807) is 12.1 Å². The second kappa shape index (κ2) is 7.78. The van der Waals surface area contributed by atoms with Crippen LogP contribution in [-0.4, -0.2) is 23.7 Å². The highest BCUT2D eigenvalue weighted by Gasteiger charge is 2.14. The van der Waals surface area contributed by atoms with E-state index >= 15 is 0 Å². The number of aromatic hydroxyl groups is 1. The van der Waals surface area contributed by atoms with E-state index < -0.39 is 0 Å². The maximum Gasteiger partial charge on any atom is 0.315 e.